The normalized spacial score (nSPS) is 33.1. The Bertz CT molecular complexity index is 151. The van der Waals surface area contributed by atoms with Gasteiger partial charge in [-0.2, -0.15) is 0 Å². The van der Waals surface area contributed by atoms with Gasteiger partial charge in [0.25, 0.3) is 0 Å². The van der Waals surface area contributed by atoms with Crippen LogP contribution >= 0.6 is 11.8 Å². The van der Waals surface area contributed by atoms with Gasteiger partial charge in [-0.1, -0.05) is 24.3 Å². The lowest BCUT2D eigenvalue weighted by Crippen LogP contribution is -2.33. The molecule has 1 unspecified atom stereocenters. The summed E-state index contributed by atoms with van der Waals surface area (Å²) in [7, 11) is 0. The van der Waals surface area contributed by atoms with Crippen LogP contribution in [0.25, 0.3) is 0 Å². The molecule has 0 saturated carbocycles. The highest BCUT2D eigenvalue weighted by molar-refractivity contribution is 6.14. The fraction of sp³-hybridized carbons (Fsp3) is 0.429. The van der Waals surface area contributed by atoms with Crippen molar-refractivity contribution in [2.45, 2.75) is 18.9 Å². The average molecular weight is 144 g/mol. The van der Waals surface area contributed by atoms with Crippen molar-refractivity contribution < 1.29 is 0 Å². The van der Waals surface area contributed by atoms with Crippen molar-refractivity contribution in [3.63, 3.8) is 0 Å². The SMILES string of the molecule is CC1(NCl)C=CC=CC1. The molecule has 0 radical (unpaired) electrons. The van der Waals surface area contributed by atoms with Crippen LogP contribution in [0.3, 0.4) is 0 Å². The summed E-state index contributed by atoms with van der Waals surface area (Å²) in [6, 6.07) is 0. The first-order chi connectivity index (χ1) is 4.27. The van der Waals surface area contributed by atoms with Crippen molar-refractivity contribution in [1.82, 2.24) is 4.84 Å². The molecule has 1 rings (SSSR count). The molecule has 0 bridgehead atoms. The third kappa shape index (κ3) is 1.57. The molecule has 0 heterocycles. The predicted molar refractivity (Wildman–Crippen MR) is 40.3 cm³/mol. The molecule has 0 aliphatic heterocycles. The van der Waals surface area contributed by atoms with Crippen LogP contribution in [0.2, 0.25) is 0 Å². The Balaban J connectivity index is 2.63. The van der Waals surface area contributed by atoms with Crippen molar-refractivity contribution >= 4 is 11.8 Å². The van der Waals surface area contributed by atoms with Crippen molar-refractivity contribution in [2.75, 3.05) is 0 Å². The van der Waals surface area contributed by atoms with Crippen molar-refractivity contribution in [2.24, 2.45) is 0 Å². The van der Waals surface area contributed by atoms with E-state index in [1.807, 2.05) is 12.2 Å². The van der Waals surface area contributed by atoms with Gasteiger partial charge >= 0.3 is 0 Å². The lowest BCUT2D eigenvalue weighted by molar-refractivity contribution is 0.540. The fourth-order valence-corrected chi connectivity index (χ4v) is 0.938. The van der Waals surface area contributed by atoms with Crippen LogP contribution in [0, 0.1) is 0 Å². The number of rotatable bonds is 1. The Morgan fingerprint density at radius 3 is 2.67 bits per heavy atom. The zero-order chi connectivity index (χ0) is 6.74. The molecule has 1 N–H and O–H groups in total. The first-order valence-electron chi connectivity index (χ1n) is 2.99. The van der Waals surface area contributed by atoms with Gasteiger partial charge in [0.1, 0.15) is 0 Å². The molecule has 1 aliphatic rings. The smallest absolute Gasteiger partial charge is 0.0520 e. The minimum atomic E-state index is -0.0314. The molecular formula is C7H10ClN. The summed E-state index contributed by atoms with van der Waals surface area (Å²) in [6.45, 7) is 2.06. The summed E-state index contributed by atoms with van der Waals surface area (Å²) in [5.41, 5.74) is -0.0314. The monoisotopic (exact) mass is 143 g/mol. The van der Waals surface area contributed by atoms with Crippen molar-refractivity contribution in [3.8, 4) is 0 Å². The number of hydrogen-bond donors (Lipinski definition) is 1. The Labute approximate surface area is 60.5 Å². The summed E-state index contributed by atoms with van der Waals surface area (Å²) in [6.07, 6.45) is 9.14. The molecule has 0 aromatic carbocycles. The quantitative estimate of drug-likeness (QED) is 0.554. The van der Waals surface area contributed by atoms with E-state index in [0.29, 0.717) is 0 Å². The molecule has 0 spiro atoms. The summed E-state index contributed by atoms with van der Waals surface area (Å²) in [4.78, 5) is 2.71. The Morgan fingerprint density at radius 2 is 2.33 bits per heavy atom. The summed E-state index contributed by atoms with van der Waals surface area (Å²) in [5, 5.41) is 0. The van der Waals surface area contributed by atoms with Gasteiger partial charge in [-0.05, 0) is 25.1 Å². The van der Waals surface area contributed by atoms with E-state index in [9.17, 15) is 0 Å². The van der Waals surface area contributed by atoms with Gasteiger partial charge in [0, 0.05) is 0 Å². The van der Waals surface area contributed by atoms with Crippen LogP contribution in [0.15, 0.2) is 24.3 Å². The van der Waals surface area contributed by atoms with E-state index in [0.717, 1.165) is 6.42 Å². The Morgan fingerprint density at radius 1 is 1.56 bits per heavy atom. The van der Waals surface area contributed by atoms with E-state index >= 15 is 0 Å². The van der Waals surface area contributed by atoms with E-state index in [2.05, 4.69) is 23.9 Å². The predicted octanol–water partition coefficient (Wildman–Crippen LogP) is 2.00. The van der Waals surface area contributed by atoms with Crippen LogP contribution in [-0.4, -0.2) is 5.54 Å². The lowest BCUT2D eigenvalue weighted by Gasteiger charge is -2.23. The lowest BCUT2D eigenvalue weighted by atomic mass is 9.95. The van der Waals surface area contributed by atoms with Gasteiger partial charge in [0.05, 0.1) is 5.54 Å². The molecule has 1 atom stereocenters. The van der Waals surface area contributed by atoms with Gasteiger partial charge in [-0.3, -0.25) is 0 Å². The van der Waals surface area contributed by atoms with Crippen molar-refractivity contribution in [1.29, 1.82) is 0 Å². The van der Waals surface area contributed by atoms with Gasteiger partial charge in [-0.15, -0.1) is 0 Å². The highest BCUT2D eigenvalue weighted by Crippen LogP contribution is 2.16. The maximum atomic E-state index is 5.49. The molecule has 2 heteroatoms. The zero-order valence-corrected chi connectivity index (χ0v) is 6.15. The second kappa shape index (κ2) is 2.54. The molecule has 9 heavy (non-hydrogen) atoms. The highest BCUT2D eigenvalue weighted by Gasteiger charge is 2.17. The molecule has 0 aromatic rings. The second-order valence-electron chi connectivity index (χ2n) is 2.50. The number of halogens is 1. The molecular weight excluding hydrogens is 134 g/mol. The van der Waals surface area contributed by atoms with Crippen LogP contribution in [0.5, 0.6) is 0 Å². The van der Waals surface area contributed by atoms with E-state index in [4.69, 9.17) is 11.8 Å². The van der Waals surface area contributed by atoms with E-state index in [1.54, 1.807) is 0 Å². The van der Waals surface area contributed by atoms with Crippen molar-refractivity contribution in [3.05, 3.63) is 24.3 Å². The summed E-state index contributed by atoms with van der Waals surface area (Å²) in [5.74, 6) is 0. The van der Waals surface area contributed by atoms with Gasteiger partial charge < -0.3 is 0 Å². The summed E-state index contributed by atoms with van der Waals surface area (Å²) < 4.78 is 0. The molecule has 1 aliphatic carbocycles. The van der Waals surface area contributed by atoms with Crippen LogP contribution in [-0.2, 0) is 0 Å². The van der Waals surface area contributed by atoms with Crippen LogP contribution < -0.4 is 4.84 Å². The minimum Gasteiger partial charge on any atom is -0.224 e. The number of hydrogen-bond acceptors (Lipinski definition) is 1. The first kappa shape index (κ1) is 6.84. The second-order valence-corrected chi connectivity index (χ2v) is 2.69. The average Bonchev–Trinajstić information content (AvgIpc) is 1.90. The molecule has 0 amide bonds. The van der Waals surface area contributed by atoms with E-state index < -0.39 is 0 Å². The van der Waals surface area contributed by atoms with Gasteiger partial charge in [0.2, 0.25) is 0 Å². The minimum absolute atomic E-state index is 0.0314. The molecule has 0 fully saturated rings. The molecule has 50 valence electrons. The Kier molecular flexibility index (Phi) is 1.94. The maximum Gasteiger partial charge on any atom is 0.0520 e. The largest absolute Gasteiger partial charge is 0.224 e. The molecule has 1 nitrogen and oxygen atoms in total. The third-order valence-corrected chi connectivity index (χ3v) is 1.90. The highest BCUT2D eigenvalue weighted by atomic mass is 35.5. The number of nitrogens with one attached hydrogen (secondary N) is 1. The third-order valence-electron chi connectivity index (χ3n) is 1.47. The number of allylic oxidation sites excluding steroid dienone is 2. The molecule has 0 saturated heterocycles. The van der Waals surface area contributed by atoms with Gasteiger partial charge in [-0.25, -0.2) is 4.84 Å². The van der Waals surface area contributed by atoms with Crippen LogP contribution in [0.4, 0.5) is 0 Å². The topological polar surface area (TPSA) is 12.0 Å². The van der Waals surface area contributed by atoms with E-state index in [1.165, 1.54) is 0 Å². The zero-order valence-electron chi connectivity index (χ0n) is 5.39. The van der Waals surface area contributed by atoms with Crippen LogP contribution in [0.1, 0.15) is 13.3 Å². The summed E-state index contributed by atoms with van der Waals surface area (Å²) >= 11 is 5.49. The van der Waals surface area contributed by atoms with E-state index in [-0.39, 0.29) is 5.54 Å². The maximum absolute atomic E-state index is 5.49. The molecule has 0 aromatic heterocycles. The fourth-order valence-electron chi connectivity index (χ4n) is 0.797. The first-order valence-corrected chi connectivity index (χ1v) is 3.37. The standard InChI is InChI=1S/C7H10ClN/c1-7(9-8)5-3-2-4-6-7/h2-5,9H,6H2,1H3. The van der Waals surface area contributed by atoms with Gasteiger partial charge in [0.15, 0.2) is 0 Å². The Hall–Kier alpha value is -0.270.